The number of hydrogen-bond acceptors (Lipinski definition) is 5. The number of nitrogens with one attached hydrogen (secondary N) is 1. The molecule has 0 unspecified atom stereocenters. The molecule has 1 aromatic heterocycles. The average Bonchev–Trinajstić information content (AvgIpc) is 3.10. The van der Waals surface area contributed by atoms with Gasteiger partial charge in [0, 0.05) is 30.7 Å². The molecule has 7 heteroatoms. The number of hydrogen-bond donors (Lipinski definition) is 1. The van der Waals surface area contributed by atoms with E-state index in [1.807, 2.05) is 35.2 Å². The molecule has 2 amide bonds. The van der Waals surface area contributed by atoms with Crippen molar-refractivity contribution in [3.05, 3.63) is 36.2 Å². The van der Waals surface area contributed by atoms with E-state index < -0.39 is 0 Å². The molecule has 3 heterocycles. The number of piperidine rings is 1. The minimum Gasteiger partial charge on any atom is -0.337 e. The molecule has 138 valence electrons. The first-order valence-corrected chi connectivity index (χ1v) is 9.37. The number of carbonyl (C=O) groups is 1. The molecule has 4 rings (SSSR count). The van der Waals surface area contributed by atoms with E-state index >= 15 is 0 Å². The van der Waals surface area contributed by atoms with Crippen molar-refractivity contribution >= 4 is 6.03 Å². The van der Waals surface area contributed by atoms with Crippen LogP contribution in [0.1, 0.15) is 32.1 Å². The number of carbonyl (C=O) groups excluding carboxylic acids is 1. The smallest absolute Gasteiger partial charge is 0.317 e. The molecule has 0 radical (unpaired) electrons. The van der Waals surface area contributed by atoms with E-state index in [1.54, 1.807) is 0 Å². The van der Waals surface area contributed by atoms with Crippen molar-refractivity contribution in [3.63, 3.8) is 0 Å². The van der Waals surface area contributed by atoms with Gasteiger partial charge in [-0.25, -0.2) is 4.79 Å². The van der Waals surface area contributed by atoms with Gasteiger partial charge in [0.15, 0.2) is 0 Å². The number of aromatic nitrogens is 2. The summed E-state index contributed by atoms with van der Waals surface area (Å²) >= 11 is 0. The summed E-state index contributed by atoms with van der Waals surface area (Å²) in [6.45, 7) is 5.30. The fourth-order valence-electron chi connectivity index (χ4n) is 3.79. The molecule has 0 spiro atoms. The van der Waals surface area contributed by atoms with E-state index in [4.69, 9.17) is 4.52 Å². The average molecular weight is 355 g/mol. The summed E-state index contributed by atoms with van der Waals surface area (Å²) in [7, 11) is 0. The van der Waals surface area contributed by atoms with E-state index in [2.05, 4.69) is 27.3 Å². The Balaban J connectivity index is 1.25. The predicted octanol–water partition coefficient (Wildman–Crippen LogP) is 2.50. The van der Waals surface area contributed by atoms with Crippen LogP contribution in [0, 0.1) is 0 Å². The molecule has 2 aliphatic rings. The van der Waals surface area contributed by atoms with E-state index in [1.165, 1.54) is 19.3 Å². The quantitative estimate of drug-likeness (QED) is 0.912. The Morgan fingerprint density at radius 2 is 2.08 bits per heavy atom. The lowest BCUT2D eigenvalue weighted by Gasteiger charge is -2.49. The van der Waals surface area contributed by atoms with Crippen LogP contribution in [-0.4, -0.2) is 57.7 Å². The highest BCUT2D eigenvalue weighted by Crippen LogP contribution is 2.24. The number of amides is 2. The van der Waals surface area contributed by atoms with Crippen LogP contribution in [0.3, 0.4) is 0 Å². The summed E-state index contributed by atoms with van der Waals surface area (Å²) in [6.07, 6.45) is 3.86. The van der Waals surface area contributed by atoms with Crippen LogP contribution in [0.4, 0.5) is 4.79 Å². The van der Waals surface area contributed by atoms with Gasteiger partial charge in [-0.15, -0.1) is 0 Å². The summed E-state index contributed by atoms with van der Waals surface area (Å²) in [5.41, 5.74) is 0.898. The minimum absolute atomic E-state index is 0.0645. The Labute approximate surface area is 153 Å². The van der Waals surface area contributed by atoms with Gasteiger partial charge in [-0.2, -0.15) is 4.98 Å². The number of rotatable bonds is 4. The highest BCUT2D eigenvalue weighted by Gasteiger charge is 2.37. The standard InChI is InChI=1S/C19H25N5O2/c1-14-7-5-6-10-24(14)16-12-23(13-16)19(25)20-11-17-21-18(22-26-17)15-8-3-2-4-9-15/h2-4,8-9,14,16H,5-7,10-13H2,1H3,(H,20,25)/t14-/m0/s1. The Morgan fingerprint density at radius 3 is 2.85 bits per heavy atom. The second-order valence-corrected chi connectivity index (χ2v) is 7.18. The molecule has 0 saturated carbocycles. The van der Waals surface area contributed by atoms with Crippen LogP contribution in [-0.2, 0) is 6.54 Å². The summed E-state index contributed by atoms with van der Waals surface area (Å²) in [4.78, 5) is 21.0. The van der Waals surface area contributed by atoms with Crippen molar-refractivity contribution in [1.29, 1.82) is 0 Å². The maximum absolute atomic E-state index is 12.3. The van der Waals surface area contributed by atoms with Crippen LogP contribution in [0.2, 0.25) is 0 Å². The van der Waals surface area contributed by atoms with Crippen LogP contribution >= 0.6 is 0 Å². The van der Waals surface area contributed by atoms with E-state index in [0.29, 0.717) is 23.8 Å². The first-order valence-electron chi connectivity index (χ1n) is 9.37. The van der Waals surface area contributed by atoms with Crippen LogP contribution in [0.5, 0.6) is 0 Å². The van der Waals surface area contributed by atoms with E-state index in [0.717, 1.165) is 25.2 Å². The van der Waals surface area contributed by atoms with Gasteiger partial charge in [0.05, 0.1) is 6.54 Å². The topological polar surface area (TPSA) is 74.5 Å². The lowest BCUT2D eigenvalue weighted by molar-refractivity contribution is 0.0167. The normalized spacial score (nSPS) is 21.4. The number of urea groups is 1. The van der Waals surface area contributed by atoms with Gasteiger partial charge in [-0.05, 0) is 26.3 Å². The van der Waals surface area contributed by atoms with Gasteiger partial charge in [0.25, 0.3) is 0 Å². The molecular weight excluding hydrogens is 330 g/mol. The summed E-state index contributed by atoms with van der Waals surface area (Å²) < 4.78 is 5.23. The van der Waals surface area contributed by atoms with Crippen molar-refractivity contribution in [1.82, 2.24) is 25.3 Å². The zero-order valence-corrected chi connectivity index (χ0v) is 15.1. The SMILES string of the molecule is C[C@H]1CCCCN1C1CN(C(=O)NCc2nc(-c3ccccc3)no2)C1. The van der Waals surface area contributed by atoms with Crippen molar-refractivity contribution in [3.8, 4) is 11.4 Å². The van der Waals surface area contributed by atoms with Gasteiger partial charge in [-0.3, -0.25) is 4.90 Å². The zero-order chi connectivity index (χ0) is 17.9. The minimum atomic E-state index is -0.0645. The van der Waals surface area contributed by atoms with Crippen molar-refractivity contribution < 1.29 is 9.32 Å². The maximum atomic E-state index is 12.3. The number of benzene rings is 1. The summed E-state index contributed by atoms with van der Waals surface area (Å²) in [5, 5.41) is 6.84. The molecule has 2 fully saturated rings. The van der Waals surface area contributed by atoms with E-state index in [9.17, 15) is 4.79 Å². The van der Waals surface area contributed by atoms with Crippen LogP contribution in [0.25, 0.3) is 11.4 Å². The summed E-state index contributed by atoms with van der Waals surface area (Å²) in [5.74, 6) is 0.955. The number of likely N-dealkylation sites (tertiary alicyclic amines) is 2. The molecule has 2 saturated heterocycles. The van der Waals surface area contributed by atoms with Gasteiger partial charge in [0.1, 0.15) is 0 Å². The van der Waals surface area contributed by atoms with Gasteiger partial charge in [0.2, 0.25) is 11.7 Å². The third kappa shape index (κ3) is 3.58. The molecular formula is C19H25N5O2. The highest BCUT2D eigenvalue weighted by molar-refractivity contribution is 5.75. The molecule has 0 bridgehead atoms. The predicted molar refractivity (Wildman–Crippen MR) is 97.3 cm³/mol. The van der Waals surface area contributed by atoms with Crippen molar-refractivity contribution in [2.75, 3.05) is 19.6 Å². The second kappa shape index (κ2) is 7.45. The Bertz CT molecular complexity index is 741. The van der Waals surface area contributed by atoms with Gasteiger partial charge >= 0.3 is 6.03 Å². The fraction of sp³-hybridized carbons (Fsp3) is 0.526. The van der Waals surface area contributed by atoms with Crippen molar-refractivity contribution in [2.45, 2.75) is 44.8 Å². The molecule has 1 atom stereocenters. The molecule has 0 aliphatic carbocycles. The van der Waals surface area contributed by atoms with Crippen LogP contribution < -0.4 is 5.32 Å². The molecule has 7 nitrogen and oxygen atoms in total. The highest BCUT2D eigenvalue weighted by atomic mass is 16.5. The number of nitrogens with zero attached hydrogens (tertiary/aromatic N) is 4. The first kappa shape index (κ1) is 17.0. The molecule has 26 heavy (non-hydrogen) atoms. The second-order valence-electron chi connectivity index (χ2n) is 7.18. The lowest BCUT2D eigenvalue weighted by atomic mass is 9.98. The molecule has 1 N–H and O–H groups in total. The molecule has 2 aliphatic heterocycles. The van der Waals surface area contributed by atoms with Crippen molar-refractivity contribution in [2.24, 2.45) is 0 Å². The molecule has 2 aromatic rings. The Hall–Kier alpha value is -2.41. The monoisotopic (exact) mass is 355 g/mol. The zero-order valence-electron chi connectivity index (χ0n) is 15.1. The lowest BCUT2D eigenvalue weighted by Crippen LogP contribution is -2.64. The largest absolute Gasteiger partial charge is 0.337 e. The van der Waals surface area contributed by atoms with E-state index in [-0.39, 0.29) is 12.6 Å². The molecule has 1 aromatic carbocycles. The van der Waals surface area contributed by atoms with Gasteiger partial charge in [-0.1, -0.05) is 41.9 Å². The fourth-order valence-corrected chi connectivity index (χ4v) is 3.79. The first-order chi connectivity index (χ1) is 12.7. The van der Waals surface area contributed by atoms with Gasteiger partial charge < -0.3 is 14.7 Å². The Morgan fingerprint density at radius 1 is 1.27 bits per heavy atom. The Kier molecular flexibility index (Phi) is 4.88. The summed E-state index contributed by atoms with van der Waals surface area (Å²) in [6, 6.07) is 10.7. The third-order valence-corrected chi connectivity index (χ3v) is 5.36. The third-order valence-electron chi connectivity index (χ3n) is 5.36. The maximum Gasteiger partial charge on any atom is 0.317 e. The van der Waals surface area contributed by atoms with Crippen LogP contribution in [0.15, 0.2) is 34.9 Å².